The highest BCUT2D eigenvalue weighted by Gasteiger charge is 2.17. The second-order valence-electron chi connectivity index (χ2n) is 4.66. The standard InChI is InChI=1S/C12H23NO2S/c1-9(14)10(2)16-8-12(15)13-11-6-4-3-5-7-11/h9-11,14H,3-8H2,1-2H3,(H,13,15). The van der Waals surface area contributed by atoms with Crippen LogP contribution in [0.3, 0.4) is 0 Å². The van der Waals surface area contributed by atoms with Crippen LogP contribution in [0.15, 0.2) is 0 Å². The summed E-state index contributed by atoms with van der Waals surface area (Å²) in [6.07, 6.45) is 5.68. The molecule has 4 heteroatoms. The van der Waals surface area contributed by atoms with Gasteiger partial charge >= 0.3 is 0 Å². The molecule has 1 aliphatic carbocycles. The van der Waals surface area contributed by atoms with Gasteiger partial charge in [0.2, 0.25) is 5.91 Å². The van der Waals surface area contributed by atoms with Crippen molar-refractivity contribution < 1.29 is 9.90 Å². The summed E-state index contributed by atoms with van der Waals surface area (Å²) >= 11 is 1.52. The molecule has 3 nitrogen and oxygen atoms in total. The SMILES string of the molecule is CC(O)C(C)SCC(=O)NC1CCCCC1. The summed E-state index contributed by atoms with van der Waals surface area (Å²) in [6, 6.07) is 0.392. The number of thioether (sulfide) groups is 1. The molecule has 0 radical (unpaired) electrons. The van der Waals surface area contributed by atoms with Crippen LogP contribution < -0.4 is 5.32 Å². The van der Waals surface area contributed by atoms with E-state index in [1.54, 1.807) is 6.92 Å². The van der Waals surface area contributed by atoms with Crippen molar-refractivity contribution in [2.24, 2.45) is 0 Å². The highest BCUT2D eigenvalue weighted by atomic mass is 32.2. The Balaban J connectivity index is 2.14. The molecular formula is C12H23NO2S. The molecule has 1 saturated carbocycles. The molecule has 0 spiro atoms. The maximum Gasteiger partial charge on any atom is 0.230 e. The maximum atomic E-state index is 11.6. The summed E-state index contributed by atoms with van der Waals surface area (Å²) in [6.45, 7) is 3.71. The zero-order valence-electron chi connectivity index (χ0n) is 10.2. The van der Waals surface area contributed by atoms with E-state index < -0.39 is 0 Å². The van der Waals surface area contributed by atoms with Crippen LogP contribution in [0.4, 0.5) is 0 Å². The van der Waals surface area contributed by atoms with E-state index in [0.29, 0.717) is 11.8 Å². The maximum absolute atomic E-state index is 11.6. The van der Waals surface area contributed by atoms with E-state index >= 15 is 0 Å². The van der Waals surface area contributed by atoms with Gasteiger partial charge < -0.3 is 10.4 Å². The molecule has 0 aliphatic heterocycles. The van der Waals surface area contributed by atoms with E-state index in [0.717, 1.165) is 12.8 Å². The fraction of sp³-hybridized carbons (Fsp3) is 0.917. The number of nitrogens with one attached hydrogen (secondary N) is 1. The summed E-state index contributed by atoms with van der Waals surface area (Å²) in [4.78, 5) is 11.6. The minimum atomic E-state index is -0.354. The van der Waals surface area contributed by atoms with Gasteiger partial charge in [-0.3, -0.25) is 4.79 Å². The Morgan fingerprint density at radius 1 is 1.38 bits per heavy atom. The molecule has 1 rings (SSSR count). The zero-order chi connectivity index (χ0) is 12.0. The Morgan fingerprint density at radius 2 is 2.00 bits per heavy atom. The lowest BCUT2D eigenvalue weighted by Gasteiger charge is -2.23. The number of hydrogen-bond donors (Lipinski definition) is 2. The van der Waals surface area contributed by atoms with Gasteiger partial charge in [-0.1, -0.05) is 26.2 Å². The summed E-state index contributed by atoms with van der Waals surface area (Å²) in [5.41, 5.74) is 0. The van der Waals surface area contributed by atoms with Crippen LogP contribution in [0.1, 0.15) is 46.0 Å². The number of carbonyl (C=O) groups is 1. The Morgan fingerprint density at radius 3 is 2.56 bits per heavy atom. The lowest BCUT2D eigenvalue weighted by Crippen LogP contribution is -2.37. The molecule has 0 saturated heterocycles. The van der Waals surface area contributed by atoms with Crippen LogP contribution in [0.25, 0.3) is 0 Å². The first kappa shape index (κ1) is 13.8. The normalized spacial score (nSPS) is 21.4. The topological polar surface area (TPSA) is 49.3 Å². The number of aliphatic hydroxyl groups is 1. The Hall–Kier alpha value is -0.220. The zero-order valence-corrected chi connectivity index (χ0v) is 11.1. The van der Waals surface area contributed by atoms with E-state index in [9.17, 15) is 9.90 Å². The average molecular weight is 245 g/mol. The summed E-state index contributed by atoms with van der Waals surface area (Å²) in [5.74, 6) is 0.576. The molecular weight excluding hydrogens is 222 g/mol. The van der Waals surface area contributed by atoms with E-state index in [1.807, 2.05) is 6.92 Å². The molecule has 0 aromatic carbocycles. The predicted molar refractivity (Wildman–Crippen MR) is 68.6 cm³/mol. The Labute approximate surface area is 102 Å². The van der Waals surface area contributed by atoms with E-state index in [2.05, 4.69) is 5.32 Å². The first-order valence-corrected chi connectivity index (χ1v) is 7.23. The number of aliphatic hydroxyl groups excluding tert-OH is 1. The molecule has 0 bridgehead atoms. The van der Waals surface area contributed by atoms with Crippen molar-refractivity contribution >= 4 is 17.7 Å². The highest BCUT2D eigenvalue weighted by Crippen LogP contribution is 2.18. The van der Waals surface area contributed by atoms with E-state index in [1.165, 1.54) is 31.0 Å². The van der Waals surface area contributed by atoms with Gasteiger partial charge in [-0.2, -0.15) is 0 Å². The Kier molecular flexibility index (Phi) is 6.21. The van der Waals surface area contributed by atoms with Crippen molar-refractivity contribution in [1.82, 2.24) is 5.32 Å². The third-order valence-electron chi connectivity index (χ3n) is 3.13. The first-order valence-electron chi connectivity index (χ1n) is 6.18. The molecule has 2 unspecified atom stereocenters. The molecule has 16 heavy (non-hydrogen) atoms. The van der Waals surface area contributed by atoms with Crippen LogP contribution in [-0.2, 0) is 4.79 Å². The van der Waals surface area contributed by atoms with Gasteiger partial charge in [-0.25, -0.2) is 0 Å². The van der Waals surface area contributed by atoms with Crippen molar-refractivity contribution in [3.8, 4) is 0 Å². The predicted octanol–water partition coefficient (Wildman–Crippen LogP) is 1.94. The van der Waals surface area contributed by atoms with Gasteiger partial charge in [0, 0.05) is 11.3 Å². The first-order chi connectivity index (χ1) is 7.59. The highest BCUT2D eigenvalue weighted by molar-refractivity contribution is 8.00. The van der Waals surface area contributed by atoms with Gasteiger partial charge in [0.15, 0.2) is 0 Å². The lowest BCUT2D eigenvalue weighted by molar-refractivity contribution is -0.119. The number of carbonyl (C=O) groups excluding carboxylic acids is 1. The molecule has 1 aliphatic rings. The number of amides is 1. The van der Waals surface area contributed by atoms with E-state index in [4.69, 9.17) is 0 Å². The van der Waals surface area contributed by atoms with Crippen molar-refractivity contribution in [2.45, 2.75) is 63.3 Å². The average Bonchev–Trinajstić information content (AvgIpc) is 2.27. The molecule has 94 valence electrons. The number of hydrogen-bond acceptors (Lipinski definition) is 3. The summed E-state index contributed by atoms with van der Waals surface area (Å²) < 4.78 is 0. The summed E-state index contributed by atoms with van der Waals surface area (Å²) in [7, 11) is 0. The van der Waals surface area contributed by atoms with Crippen molar-refractivity contribution in [2.75, 3.05) is 5.75 Å². The van der Waals surface area contributed by atoms with Crippen LogP contribution >= 0.6 is 11.8 Å². The molecule has 2 N–H and O–H groups in total. The van der Waals surface area contributed by atoms with Gasteiger partial charge in [0.1, 0.15) is 0 Å². The smallest absolute Gasteiger partial charge is 0.230 e. The van der Waals surface area contributed by atoms with Crippen LogP contribution in [0.2, 0.25) is 0 Å². The number of rotatable bonds is 5. The van der Waals surface area contributed by atoms with Crippen LogP contribution in [0.5, 0.6) is 0 Å². The van der Waals surface area contributed by atoms with E-state index in [-0.39, 0.29) is 17.3 Å². The second kappa shape index (κ2) is 7.17. The minimum Gasteiger partial charge on any atom is -0.392 e. The molecule has 0 aromatic rings. The van der Waals surface area contributed by atoms with Gasteiger partial charge in [-0.15, -0.1) is 11.8 Å². The monoisotopic (exact) mass is 245 g/mol. The van der Waals surface area contributed by atoms with Crippen molar-refractivity contribution in [1.29, 1.82) is 0 Å². The molecule has 1 amide bonds. The van der Waals surface area contributed by atoms with Crippen molar-refractivity contribution in [3.63, 3.8) is 0 Å². The summed E-state index contributed by atoms with van der Waals surface area (Å²) in [5, 5.41) is 12.5. The van der Waals surface area contributed by atoms with Crippen molar-refractivity contribution in [3.05, 3.63) is 0 Å². The third kappa shape index (κ3) is 5.21. The fourth-order valence-corrected chi connectivity index (χ4v) is 2.64. The van der Waals surface area contributed by atoms with Crippen LogP contribution in [-0.4, -0.2) is 34.2 Å². The van der Waals surface area contributed by atoms with Crippen LogP contribution in [0, 0.1) is 0 Å². The fourth-order valence-electron chi connectivity index (χ4n) is 1.86. The molecule has 0 heterocycles. The Bertz CT molecular complexity index is 215. The third-order valence-corrected chi connectivity index (χ3v) is 4.48. The van der Waals surface area contributed by atoms with Gasteiger partial charge in [0.05, 0.1) is 11.9 Å². The molecule has 1 fully saturated rings. The second-order valence-corrected chi connectivity index (χ2v) is 6.02. The minimum absolute atomic E-state index is 0.115. The van der Waals surface area contributed by atoms with Gasteiger partial charge in [-0.05, 0) is 19.8 Å². The van der Waals surface area contributed by atoms with Gasteiger partial charge in [0.25, 0.3) is 0 Å². The quantitative estimate of drug-likeness (QED) is 0.778. The largest absolute Gasteiger partial charge is 0.392 e. The molecule has 0 aromatic heterocycles. The molecule has 2 atom stereocenters. The lowest BCUT2D eigenvalue weighted by atomic mass is 9.95.